The Morgan fingerprint density at radius 2 is 2.11 bits per heavy atom. The van der Waals surface area contributed by atoms with Crippen molar-refractivity contribution >= 4 is 15.7 Å². The van der Waals surface area contributed by atoms with Gasteiger partial charge < -0.3 is 5.73 Å². The van der Waals surface area contributed by atoms with E-state index in [-0.39, 0.29) is 4.90 Å². The minimum atomic E-state index is -3.42. The van der Waals surface area contributed by atoms with Gasteiger partial charge in [0, 0.05) is 12.2 Å². The van der Waals surface area contributed by atoms with E-state index in [1.54, 1.807) is 25.1 Å². The van der Waals surface area contributed by atoms with E-state index in [0.717, 1.165) is 18.8 Å². The zero-order valence-corrected chi connectivity index (χ0v) is 11.5. The standard InChI is InChI=1S/C13H20N2O2S/c1-10-12(14)5-2-6-13(10)18(16,17)15-9-3-4-11-7-8-11/h2,5-6,11,15H,3-4,7-9,14H2,1H3. The van der Waals surface area contributed by atoms with Gasteiger partial charge in [0.1, 0.15) is 0 Å². The smallest absolute Gasteiger partial charge is 0.240 e. The van der Waals surface area contributed by atoms with Gasteiger partial charge in [0.05, 0.1) is 4.90 Å². The highest BCUT2D eigenvalue weighted by molar-refractivity contribution is 7.89. The lowest BCUT2D eigenvalue weighted by molar-refractivity contribution is 0.572. The molecule has 5 heteroatoms. The van der Waals surface area contributed by atoms with Crippen LogP contribution in [0.2, 0.25) is 0 Å². The van der Waals surface area contributed by atoms with Crippen molar-refractivity contribution in [3.8, 4) is 0 Å². The first-order valence-electron chi connectivity index (χ1n) is 6.35. The molecule has 0 heterocycles. The Labute approximate surface area is 109 Å². The number of rotatable bonds is 6. The van der Waals surface area contributed by atoms with Crippen LogP contribution in [0.5, 0.6) is 0 Å². The Balaban J connectivity index is 1.98. The summed E-state index contributed by atoms with van der Waals surface area (Å²) in [6, 6.07) is 4.97. The average Bonchev–Trinajstić information content (AvgIpc) is 3.12. The number of sulfonamides is 1. The van der Waals surface area contributed by atoms with E-state index in [9.17, 15) is 8.42 Å². The van der Waals surface area contributed by atoms with Crippen molar-refractivity contribution < 1.29 is 8.42 Å². The number of hydrogen-bond acceptors (Lipinski definition) is 3. The predicted octanol–water partition coefficient (Wildman–Crippen LogP) is 2.05. The SMILES string of the molecule is Cc1c(N)cccc1S(=O)(=O)NCCCC1CC1. The molecule has 1 saturated carbocycles. The lowest BCUT2D eigenvalue weighted by atomic mass is 10.2. The minimum Gasteiger partial charge on any atom is -0.398 e. The highest BCUT2D eigenvalue weighted by Gasteiger charge is 2.21. The van der Waals surface area contributed by atoms with Gasteiger partial charge in [-0.1, -0.05) is 18.9 Å². The summed E-state index contributed by atoms with van der Waals surface area (Å²) in [5.74, 6) is 0.837. The van der Waals surface area contributed by atoms with Crippen LogP contribution in [0.25, 0.3) is 0 Å². The minimum absolute atomic E-state index is 0.286. The molecular formula is C13H20N2O2S. The summed E-state index contributed by atoms with van der Waals surface area (Å²) in [5, 5.41) is 0. The summed E-state index contributed by atoms with van der Waals surface area (Å²) in [5.41, 5.74) is 6.86. The van der Waals surface area contributed by atoms with Gasteiger partial charge in [0.15, 0.2) is 0 Å². The van der Waals surface area contributed by atoms with Gasteiger partial charge in [0.2, 0.25) is 10.0 Å². The molecule has 2 rings (SSSR count). The molecule has 1 aromatic rings. The molecule has 100 valence electrons. The van der Waals surface area contributed by atoms with Crippen molar-refractivity contribution in [3.63, 3.8) is 0 Å². The second kappa shape index (κ2) is 5.28. The molecule has 3 N–H and O–H groups in total. The van der Waals surface area contributed by atoms with Crippen LogP contribution in [0, 0.1) is 12.8 Å². The molecule has 1 aliphatic carbocycles. The molecule has 0 saturated heterocycles. The molecule has 1 fully saturated rings. The second-order valence-electron chi connectivity index (χ2n) is 4.95. The molecule has 0 spiro atoms. The quantitative estimate of drug-likeness (QED) is 0.612. The Hall–Kier alpha value is -1.07. The summed E-state index contributed by atoms with van der Waals surface area (Å²) in [6.45, 7) is 2.24. The van der Waals surface area contributed by atoms with E-state index in [1.165, 1.54) is 12.8 Å². The number of hydrogen-bond donors (Lipinski definition) is 2. The molecule has 0 radical (unpaired) electrons. The molecule has 1 aromatic carbocycles. The van der Waals surface area contributed by atoms with Crippen LogP contribution in [0.15, 0.2) is 23.1 Å². The normalized spacial score (nSPS) is 15.8. The van der Waals surface area contributed by atoms with Gasteiger partial charge in [-0.3, -0.25) is 0 Å². The number of nitrogen functional groups attached to an aromatic ring is 1. The van der Waals surface area contributed by atoms with Gasteiger partial charge in [-0.05, 0) is 43.4 Å². The zero-order valence-electron chi connectivity index (χ0n) is 10.6. The Kier molecular flexibility index (Phi) is 3.92. The maximum Gasteiger partial charge on any atom is 0.240 e. The van der Waals surface area contributed by atoms with E-state index in [0.29, 0.717) is 17.8 Å². The van der Waals surface area contributed by atoms with E-state index in [1.807, 2.05) is 0 Å². The van der Waals surface area contributed by atoms with Gasteiger partial charge in [-0.15, -0.1) is 0 Å². The highest BCUT2D eigenvalue weighted by atomic mass is 32.2. The van der Waals surface area contributed by atoms with E-state index in [4.69, 9.17) is 5.73 Å². The molecule has 0 unspecified atom stereocenters. The molecule has 4 nitrogen and oxygen atoms in total. The third kappa shape index (κ3) is 3.23. The van der Waals surface area contributed by atoms with Crippen molar-refractivity contribution in [1.29, 1.82) is 0 Å². The first-order valence-corrected chi connectivity index (χ1v) is 7.84. The fourth-order valence-electron chi connectivity index (χ4n) is 2.00. The molecule has 0 bridgehead atoms. The van der Waals surface area contributed by atoms with Crippen molar-refractivity contribution in [2.45, 2.75) is 37.5 Å². The maximum atomic E-state index is 12.1. The Morgan fingerprint density at radius 1 is 1.39 bits per heavy atom. The van der Waals surface area contributed by atoms with Crippen molar-refractivity contribution in [3.05, 3.63) is 23.8 Å². The fraction of sp³-hybridized carbons (Fsp3) is 0.538. The number of benzene rings is 1. The van der Waals surface area contributed by atoms with Crippen LogP contribution < -0.4 is 10.5 Å². The molecule has 0 atom stereocenters. The summed E-state index contributed by atoms with van der Waals surface area (Å²) in [4.78, 5) is 0.286. The topological polar surface area (TPSA) is 72.2 Å². The zero-order chi connectivity index (χ0) is 13.2. The van der Waals surface area contributed by atoms with E-state index in [2.05, 4.69) is 4.72 Å². The molecule has 0 amide bonds. The lowest BCUT2D eigenvalue weighted by Gasteiger charge is -2.10. The largest absolute Gasteiger partial charge is 0.398 e. The van der Waals surface area contributed by atoms with Gasteiger partial charge >= 0.3 is 0 Å². The first-order chi connectivity index (χ1) is 8.50. The van der Waals surface area contributed by atoms with Crippen LogP contribution in [0.1, 0.15) is 31.2 Å². The summed E-state index contributed by atoms with van der Waals surface area (Å²) >= 11 is 0. The molecular weight excluding hydrogens is 248 g/mol. The van der Waals surface area contributed by atoms with Gasteiger partial charge in [-0.2, -0.15) is 0 Å². The molecule has 18 heavy (non-hydrogen) atoms. The number of nitrogens with one attached hydrogen (secondary N) is 1. The second-order valence-corrected chi connectivity index (χ2v) is 6.69. The lowest BCUT2D eigenvalue weighted by Crippen LogP contribution is -2.25. The maximum absolute atomic E-state index is 12.1. The van der Waals surface area contributed by atoms with Gasteiger partial charge in [0.25, 0.3) is 0 Å². The fourth-order valence-corrected chi connectivity index (χ4v) is 3.35. The van der Waals surface area contributed by atoms with Crippen LogP contribution in [-0.4, -0.2) is 15.0 Å². The molecule has 1 aliphatic rings. The third-order valence-corrected chi connectivity index (χ3v) is 5.00. The Bertz CT molecular complexity index is 522. The Morgan fingerprint density at radius 3 is 2.78 bits per heavy atom. The summed E-state index contributed by atoms with van der Waals surface area (Å²) < 4.78 is 26.8. The van der Waals surface area contributed by atoms with Crippen molar-refractivity contribution in [2.75, 3.05) is 12.3 Å². The van der Waals surface area contributed by atoms with E-state index >= 15 is 0 Å². The number of nitrogens with two attached hydrogens (primary N) is 1. The van der Waals surface area contributed by atoms with Gasteiger partial charge in [-0.25, -0.2) is 13.1 Å². The summed E-state index contributed by atoms with van der Waals surface area (Å²) in [7, 11) is -3.42. The van der Waals surface area contributed by atoms with E-state index < -0.39 is 10.0 Å². The monoisotopic (exact) mass is 268 g/mol. The average molecular weight is 268 g/mol. The van der Waals surface area contributed by atoms with Crippen molar-refractivity contribution in [2.24, 2.45) is 5.92 Å². The van der Waals surface area contributed by atoms with Crippen LogP contribution in [0.3, 0.4) is 0 Å². The summed E-state index contributed by atoms with van der Waals surface area (Å²) in [6.07, 6.45) is 4.64. The molecule has 0 aliphatic heterocycles. The van der Waals surface area contributed by atoms with Crippen LogP contribution in [-0.2, 0) is 10.0 Å². The predicted molar refractivity (Wildman–Crippen MR) is 72.7 cm³/mol. The first kappa shape index (κ1) is 13.4. The van der Waals surface area contributed by atoms with Crippen LogP contribution >= 0.6 is 0 Å². The third-order valence-electron chi connectivity index (χ3n) is 3.39. The van der Waals surface area contributed by atoms with Crippen LogP contribution in [0.4, 0.5) is 5.69 Å². The highest BCUT2D eigenvalue weighted by Crippen LogP contribution is 2.33. The van der Waals surface area contributed by atoms with Crippen molar-refractivity contribution in [1.82, 2.24) is 4.72 Å². The molecule has 0 aromatic heterocycles. The number of anilines is 1.